The zero-order valence-corrected chi connectivity index (χ0v) is 8.59. The summed E-state index contributed by atoms with van der Waals surface area (Å²) in [5, 5.41) is 8.73. The molecule has 0 aliphatic heterocycles. The Balaban J connectivity index is -0.000000117. The van der Waals surface area contributed by atoms with Crippen LogP contribution in [0.15, 0.2) is 0 Å². The van der Waals surface area contributed by atoms with E-state index in [1.54, 1.807) is 0 Å². The second kappa shape index (κ2) is 22.4. The maximum atomic E-state index is 8.73. The Bertz CT molecular complexity index is 47.6. The highest BCUT2D eigenvalue weighted by molar-refractivity contribution is 4.63. The third kappa shape index (κ3) is 16.4. The van der Waals surface area contributed by atoms with E-state index in [1.807, 2.05) is 0 Å². The van der Waals surface area contributed by atoms with Gasteiger partial charge in [-0.3, -0.25) is 0 Å². The van der Waals surface area contributed by atoms with Gasteiger partial charge in [0.25, 0.3) is 0 Å². The van der Waals surface area contributed by atoms with Gasteiger partial charge in [0.15, 0.2) is 0 Å². The van der Waals surface area contributed by atoms with Crippen LogP contribution in [0.3, 0.4) is 0 Å². The number of aliphatic hydroxyl groups excluding tert-OH is 1. The fraction of sp³-hybridized carbons (Fsp3) is 1.00. The van der Waals surface area contributed by atoms with Gasteiger partial charge in [0.2, 0.25) is 0 Å². The lowest BCUT2D eigenvalue weighted by Crippen LogP contribution is -1.94. The fourth-order valence-corrected chi connectivity index (χ4v) is 0.904. The van der Waals surface area contributed by atoms with Crippen molar-refractivity contribution in [1.82, 2.24) is 0 Å². The summed E-state index contributed by atoms with van der Waals surface area (Å²) in [5.74, 6) is 0. The van der Waals surface area contributed by atoms with Crippen molar-refractivity contribution in [1.29, 1.82) is 0 Å². The summed E-state index contributed by atoms with van der Waals surface area (Å²) in [6.45, 7) is 0. The average Bonchev–Trinajstić information content (AvgIpc) is 2.66. The first kappa shape index (κ1) is 17.8. The molecule has 12 heavy (non-hydrogen) atoms. The van der Waals surface area contributed by atoms with Gasteiger partial charge in [-0.2, -0.15) is 0 Å². The number of rotatable bonds is 0. The van der Waals surface area contributed by atoms with Crippen molar-refractivity contribution in [2.75, 3.05) is 21.1 Å². The van der Waals surface area contributed by atoms with Crippen molar-refractivity contribution in [3.05, 3.63) is 0 Å². The molecule has 0 heterocycles. The first-order valence-corrected chi connectivity index (χ1v) is 4.31. The van der Waals surface area contributed by atoms with Crippen molar-refractivity contribution < 1.29 is 5.11 Å². The van der Waals surface area contributed by atoms with Gasteiger partial charge in [-0.05, 0) is 34.0 Å². The molecule has 78 valence electrons. The molecule has 1 fully saturated rings. The Morgan fingerprint density at radius 1 is 0.833 bits per heavy atom. The highest BCUT2D eigenvalue weighted by Crippen LogP contribution is 2.16. The quantitative estimate of drug-likeness (QED) is 0.408. The lowest BCUT2D eigenvalue weighted by Gasteiger charge is -1.91. The SMILES string of the molecule is CN.CN.CN.OC1CCCC1. The molecule has 0 aromatic carbocycles. The van der Waals surface area contributed by atoms with Gasteiger partial charge in [0.05, 0.1) is 6.10 Å². The molecular formula is C8H25N3O. The van der Waals surface area contributed by atoms with Crippen molar-refractivity contribution in [3.8, 4) is 0 Å². The molecule has 0 radical (unpaired) electrons. The number of nitrogens with two attached hydrogens (primary N) is 3. The Labute approximate surface area is 76.1 Å². The second-order valence-corrected chi connectivity index (χ2v) is 1.94. The molecule has 0 amide bonds. The summed E-state index contributed by atoms with van der Waals surface area (Å²) < 4.78 is 0. The summed E-state index contributed by atoms with van der Waals surface area (Å²) in [6.07, 6.45) is 4.60. The molecule has 1 saturated carbocycles. The topological polar surface area (TPSA) is 98.3 Å². The number of aliphatic hydroxyl groups is 1. The third-order valence-corrected chi connectivity index (χ3v) is 1.32. The smallest absolute Gasteiger partial charge is 0.0540 e. The Kier molecular flexibility index (Phi) is 33.3. The largest absolute Gasteiger partial charge is 0.393 e. The van der Waals surface area contributed by atoms with Crippen LogP contribution in [-0.4, -0.2) is 32.4 Å². The van der Waals surface area contributed by atoms with E-state index >= 15 is 0 Å². The molecule has 0 bridgehead atoms. The molecule has 7 N–H and O–H groups in total. The third-order valence-electron chi connectivity index (χ3n) is 1.32. The molecule has 0 spiro atoms. The van der Waals surface area contributed by atoms with Gasteiger partial charge in [-0.1, -0.05) is 12.8 Å². The van der Waals surface area contributed by atoms with Crippen LogP contribution < -0.4 is 17.2 Å². The lowest BCUT2D eigenvalue weighted by atomic mass is 10.3. The Hall–Kier alpha value is -0.160. The van der Waals surface area contributed by atoms with Crippen LogP contribution in [0.2, 0.25) is 0 Å². The molecule has 0 unspecified atom stereocenters. The minimum atomic E-state index is 0.0463. The van der Waals surface area contributed by atoms with Crippen LogP contribution in [0.4, 0.5) is 0 Å². The monoisotopic (exact) mass is 179 g/mol. The molecule has 0 saturated heterocycles. The second-order valence-electron chi connectivity index (χ2n) is 1.94. The van der Waals surface area contributed by atoms with Crippen LogP contribution in [0.25, 0.3) is 0 Å². The van der Waals surface area contributed by atoms with Gasteiger partial charge in [-0.25, -0.2) is 0 Å². The van der Waals surface area contributed by atoms with Crippen LogP contribution in [0, 0.1) is 0 Å². The van der Waals surface area contributed by atoms with Crippen molar-refractivity contribution >= 4 is 0 Å². The van der Waals surface area contributed by atoms with E-state index in [-0.39, 0.29) is 6.10 Å². The molecule has 1 aliphatic rings. The minimum absolute atomic E-state index is 0.0463. The van der Waals surface area contributed by atoms with E-state index < -0.39 is 0 Å². The van der Waals surface area contributed by atoms with E-state index in [1.165, 1.54) is 34.0 Å². The van der Waals surface area contributed by atoms with Gasteiger partial charge < -0.3 is 22.3 Å². The summed E-state index contributed by atoms with van der Waals surface area (Å²) in [4.78, 5) is 0. The maximum absolute atomic E-state index is 8.73. The standard InChI is InChI=1S/C5H10O.3CH5N/c6-5-3-1-2-4-5;3*1-2/h5-6H,1-4H2;3*2H2,1H3. The van der Waals surface area contributed by atoms with Crippen LogP contribution >= 0.6 is 0 Å². The zero-order chi connectivity index (χ0) is 10.4. The number of hydrogen-bond donors (Lipinski definition) is 4. The molecule has 4 heteroatoms. The van der Waals surface area contributed by atoms with Crippen molar-refractivity contribution in [2.24, 2.45) is 17.2 Å². The van der Waals surface area contributed by atoms with E-state index in [0.29, 0.717) is 0 Å². The molecule has 0 aromatic heterocycles. The van der Waals surface area contributed by atoms with Crippen LogP contribution in [-0.2, 0) is 0 Å². The zero-order valence-electron chi connectivity index (χ0n) is 8.59. The van der Waals surface area contributed by atoms with E-state index in [0.717, 1.165) is 12.8 Å². The molecule has 1 aliphatic carbocycles. The molecule has 0 atom stereocenters. The minimum Gasteiger partial charge on any atom is -0.393 e. The van der Waals surface area contributed by atoms with Gasteiger partial charge in [0.1, 0.15) is 0 Å². The summed E-state index contributed by atoms with van der Waals surface area (Å²) in [6, 6.07) is 0. The van der Waals surface area contributed by atoms with Crippen molar-refractivity contribution in [3.63, 3.8) is 0 Å². The fourth-order valence-electron chi connectivity index (χ4n) is 0.904. The summed E-state index contributed by atoms with van der Waals surface area (Å²) >= 11 is 0. The first-order valence-electron chi connectivity index (χ1n) is 4.31. The van der Waals surface area contributed by atoms with Crippen molar-refractivity contribution in [2.45, 2.75) is 31.8 Å². The summed E-state index contributed by atoms with van der Waals surface area (Å²) in [7, 11) is 4.50. The van der Waals surface area contributed by atoms with Gasteiger partial charge >= 0.3 is 0 Å². The van der Waals surface area contributed by atoms with Crippen LogP contribution in [0.1, 0.15) is 25.7 Å². The molecular weight excluding hydrogens is 154 g/mol. The Morgan fingerprint density at radius 3 is 1.17 bits per heavy atom. The van der Waals surface area contributed by atoms with Gasteiger partial charge in [0, 0.05) is 0 Å². The van der Waals surface area contributed by atoms with E-state index in [9.17, 15) is 0 Å². The average molecular weight is 179 g/mol. The highest BCUT2D eigenvalue weighted by Gasteiger charge is 2.09. The molecule has 4 nitrogen and oxygen atoms in total. The highest BCUT2D eigenvalue weighted by atomic mass is 16.3. The first-order chi connectivity index (χ1) is 5.89. The predicted molar refractivity (Wildman–Crippen MR) is 54.8 cm³/mol. The number of hydrogen-bond acceptors (Lipinski definition) is 4. The summed E-state index contributed by atoms with van der Waals surface area (Å²) in [5.41, 5.74) is 13.5. The molecule has 1 rings (SSSR count). The molecule has 0 aromatic rings. The predicted octanol–water partition coefficient (Wildman–Crippen LogP) is -0.354. The van der Waals surface area contributed by atoms with Gasteiger partial charge in [-0.15, -0.1) is 0 Å². The van der Waals surface area contributed by atoms with E-state index in [2.05, 4.69) is 17.2 Å². The maximum Gasteiger partial charge on any atom is 0.0540 e. The van der Waals surface area contributed by atoms with Crippen LogP contribution in [0.5, 0.6) is 0 Å². The lowest BCUT2D eigenvalue weighted by molar-refractivity contribution is 0.183. The normalized spacial score (nSPS) is 14.2. The van der Waals surface area contributed by atoms with E-state index in [4.69, 9.17) is 5.11 Å². The Morgan fingerprint density at radius 2 is 1.08 bits per heavy atom.